The largest absolute Gasteiger partial charge is 0.377 e. The molecule has 1 rings (SSSR count). The first-order chi connectivity index (χ1) is 8.58. The first-order valence-corrected chi connectivity index (χ1v) is 5.70. The highest BCUT2D eigenvalue weighted by Gasteiger charge is 2.12. The molecule has 0 amide bonds. The standard InChI is InChI=1S/C12H16F3NO2/c1-3-17-12(18-4-2)7-16-11-6-9(14)8(13)5-10(11)15/h5-6,12,16H,3-4,7H2,1-2H3. The Hall–Kier alpha value is -1.27. The van der Waals surface area contributed by atoms with Crippen LogP contribution in [0.4, 0.5) is 18.9 Å². The van der Waals surface area contributed by atoms with E-state index >= 15 is 0 Å². The Morgan fingerprint density at radius 1 is 1.00 bits per heavy atom. The number of nitrogens with one attached hydrogen (secondary N) is 1. The van der Waals surface area contributed by atoms with Crippen LogP contribution in [0.1, 0.15) is 13.8 Å². The summed E-state index contributed by atoms with van der Waals surface area (Å²) in [4.78, 5) is 0. The van der Waals surface area contributed by atoms with Crippen molar-refractivity contribution < 1.29 is 22.6 Å². The van der Waals surface area contributed by atoms with Gasteiger partial charge in [0.05, 0.1) is 12.2 Å². The summed E-state index contributed by atoms with van der Waals surface area (Å²) in [6.45, 7) is 4.61. The number of hydrogen-bond donors (Lipinski definition) is 1. The Bertz CT molecular complexity index is 382. The fraction of sp³-hybridized carbons (Fsp3) is 0.500. The minimum atomic E-state index is -1.22. The van der Waals surface area contributed by atoms with Gasteiger partial charge in [-0.3, -0.25) is 0 Å². The highest BCUT2D eigenvalue weighted by atomic mass is 19.2. The average molecular weight is 263 g/mol. The van der Waals surface area contributed by atoms with Crippen LogP contribution in [-0.4, -0.2) is 26.0 Å². The summed E-state index contributed by atoms with van der Waals surface area (Å²) in [6, 6.07) is 1.26. The average Bonchev–Trinajstić information content (AvgIpc) is 2.32. The summed E-state index contributed by atoms with van der Waals surface area (Å²) in [7, 11) is 0. The molecule has 0 atom stereocenters. The molecule has 1 N–H and O–H groups in total. The Morgan fingerprint density at radius 3 is 2.11 bits per heavy atom. The van der Waals surface area contributed by atoms with Gasteiger partial charge in [-0.05, 0) is 13.8 Å². The molecule has 0 spiro atoms. The topological polar surface area (TPSA) is 30.5 Å². The van der Waals surface area contributed by atoms with Crippen molar-refractivity contribution in [1.82, 2.24) is 0 Å². The van der Waals surface area contributed by atoms with E-state index in [1.54, 1.807) is 13.8 Å². The van der Waals surface area contributed by atoms with E-state index in [-0.39, 0.29) is 12.2 Å². The molecule has 0 saturated carbocycles. The lowest BCUT2D eigenvalue weighted by atomic mass is 10.3. The Labute approximate surface area is 104 Å². The summed E-state index contributed by atoms with van der Waals surface area (Å²) in [5.74, 6) is -3.19. The van der Waals surface area contributed by atoms with Gasteiger partial charge in [0, 0.05) is 25.3 Å². The first-order valence-electron chi connectivity index (χ1n) is 5.70. The number of halogens is 3. The lowest BCUT2D eigenvalue weighted by Gasteiger charge is -2.18. The molecule has 0 aromatic heterocycles. The van der Waals surface area contributed by atoms with Gasteiger partial charge in [-0.15, -0.1) is 0 Å². The first kappa shape index (κ1) is 14.8. The van der Waals surface area contributed by atoms with Crippen LogP contribution in [0.5, 0.6) is 0 Å². The Kier molecular flexibility index (Phi) is 5.94. The molecule has 0 fully saturated rings. The fourth-order valence-electron chi connectivity index (χ4n) is 1.39. The third-order valence-electron chi connectivity index (χ3n) is 2.17. The van der Waals surface area contributed by atoms with E-state index in [2.05, 4.69) is 5.32 Å². The zero-order valence-electron chi connectivity index (χ0n) is 10.3. The van der Waals surface area contributed by atoms with Gasteiger partial charge in [-0.1, -0.05) is 0 Å². The van der Waals surface area contributed by atoms with Crippen molar-refractivity contribution in [3.63, 3.8) is 0 Å². The zero-order valence-corrected chi connectivity index (χ0v) is 10.3. The van der Waals surface area contributed by atoms with Gasteiger partial charge in [0.1, 0.15) is 5.82 Å². The third-order valence-corrected chi connectivity index (χ3v) is 2.17. The third kappa shape index (κ3) is 4.19. The molecule has 0 bridgehead atoms. The van der Waals surface area contributed by atoms with E-state index in [0.717, 1.165) is 6.07 Å². The van der Waals surface area contributed by atoms with Gasteiger partial charge in [0.15, 0.2) is 17.9 Å². The second-order valence-corrected chi connectivity index (χ2v) is 3.47. The maximum atomic E-state index is 13.3. The number of ether oxygens (including phenoxy) is 2. The molecule has 0 radical (unpaired) electrons. The van der Waals surface area contributed by atoms with Crippen molar-refractivity contribution in [1.29, 1.82) is 0 Å². The smallest absolute Gasteiger partial charge is 0.174 e. The summed E-state index contributed by atoms with van der Waals surface area (Å²) in [6.07, 6.45) is -0.562. The van der Waals surface area contributed by atoms with E-state index in [0.29, 0.717) is 19.3 Å². The Balaban J connectivity index is 2.64. The predicted molar refractivity (Wildman–Crippen MR) is 61.8 cm³/mol. The zero-order chi connectivity index (χ0) is 13.5. The van der Waals surface area contributed by atoms with Crippen LogP contribution in [0.25, 0.3) is 0 Å². The van der Waals surface area contributed by atoms with Crippen LogP contribution < -0.4 is 5.32 Å². The second-order valence-electron chi connectivity index (χ2n) is 3.47. The SMILES string of the molecule is CCOC(CNc1cc(F)c(F)cc1F)OCC. The number of anilines is 1. The molecule has 0 unspecified atom stereocenters. The van der Waals surface area contributed by atoms with Crippen molar-refractivity contribution in [2.75, 3.05) is 25.1 Å². The second kappa shape index (κ2) is 7.23. The van der Waals surface area contributed by atoms with Crippen LogP contribution in [-0.2, 0) is 9.47 Å². The van der Waals surface area contributed by atoms with Crippen molar-refractivity contribution in [2.45, 2.75) is 20.1 Å². The summed E-state index contributed by atoms with van der Waals surface area (Å²) >= 11 is 0. The van der Waals surface area contributed by atoms with E-state index in [1.807, 2.05) is 0 Å². The van der Waals surface area contributed by atoms with Crippen molar-refractivity contribution in [3.8, 4) is 0 Å². The van der Waals surface area contributed by atoms with Crippen LogP contribution in [0, 0.1) is 17.5 Å². The molecule has 0 heterocycles. The van der Waals surface area contributed by atoms with Gasteiger partial charge in [-0.25, -0.2) is 13.2 Å². The molecule has 1 aromatic carbocycles. The van der Waals surface area contributed by atoms with E-state index in [9.17, 15) is 13.2 Å². The van der Waals surface area contributed by atoms with Crippen LogP contribution in [0.3, 0.4) is 0 Å². The van der Waals surface area contributed by atoms with Gasteiger partial charge >= 0.3 is 0 Å². The number of benzene rings is 1. The fourth-order valence-corrected chi connectivity index (χ4v) is 1.39. The number of hydrogen-bond acceptors (Lipinski definition) is 3. The molecule has 3 nitrogen and oxygen atoms in total. The van der Waals surface area contributed by atoms with Crippen molar-refractivity contribution in [2.24, 2.45) is 0 Å². The maximum Gasteiger partial charge on any atom is 0.174 e. The van der Waals surface area contributed by atoms with E-state index < -0.39 is 23.7 Å². The lowest BCUT2D eigenvalue weighted by molar-refractivity contribution is -0.126. The quantitative estimate of drug-likeness (QED) is 0.606. The molecule has 6 heteroatoms. The van der Waals surface area contributed by atoms with Gasteiger partial charge in [0.2, 0.25) is 0 Å². The van der Waals surface area contributed by atoms with Crippen LogP contribution in [0.2, 0.25) is 0 Å². The normalized spacial score (nSPS) is 11.0. The summed E-state index contributed by atoms with van der Waals surface area (Å²) in [5, 5.41) is 2.62. The maximum absolute atomic E-state index is 13.3. The monoisotopic (exact) mass is 263 g/mol. The summed E-state index contributed by atoms with van der Waals surface area (Å²) in [5.41, 5.74) is -0.127. The van der Waals surface area contributed by atoms with Gasteiger partial charge in [-0.2, -0.15) is 0 Å². The molecular weight excluding hydrogens is 247 g/mol. The number of rotatable bonds is 7. The highest BCUT2D eigenvalue weighted by molar-refractivity contribution is 5.45. The highest BCUT2D eigenvalue weighted by Crippen LogP contribution is 2.18. The van der Waals surface area contributed by atoms with E-state index in [1.165, 1.54) is 0 Å². The summed E-state index contributed by atoms with van der Waals surface area (Å²) < 4.78 is 49.4. The van der Waals surface area contributed by atoms with E-state index in [4.69, 9.17) is 9.47 Å². The Morgan fingerprint density at radius 2 is 1.56 bits per heavy atom. The molecular formula is C12H16F3NO2. The van der Waals surface area contributed by atoms with Crippen molar-refractivity contribution >= 4 is 5.69 Å². The molecule has 0 saturated heterocycles. The molecule has 0 aliphatic rings. The molecule has 0 aliphatic heterocycles. The predicted octanol–water partition coefficient (Wildman–Crippen LogP) is 2.91. The molecule has 1 aromatic rings. The van der Waals surface area contributed by atoms with Gasteiger partial charge in [0.25, 0.3) is 0 Å². The van der Waals surface area contributed by atoms with Gasteiger partial charge < -0.3 is 14.8 Å². The molecule has 102 valence electrons. The minimum Gasteiger partial charge on any atom is -0.377 e. The lowest BCUT2D eigenvalue weighted by Crippen LogP contribution is -2.26. The minimum absolute atomic E-state index is 0.127. The van der Waals surface area contributed by atoms with Crippen LogP contribution >= 0.6 is 0 Å². The van der Waals surface area contributed by atoms with Crippen molar-refractivity contribution in [3.05, 3.63) is 29.6 Å². The molecule has 0 aliphatic carbocycles. The van der Waals surface area contributed by atoms with Crippen LogP contribution in [0.15, 0.2) is 12.1 Å². The molecule has 18 heavy (non-hydrogen) atoms.